The number of thiophene rings is 1. The Labute approximate surface area is 185 Å². The molecule has 0 bridgehead atoms. The highest BCUT2D eigenvalue weighted by molar-refractivity contribution is 7.13. The van der Waals surface area contributed by atoms with Gasteiger partial charge >= 0.3 is 6.09 Å². The van der Waals surface area contributed by atoms with E-state index in [1.54, 1.807) is 11.3 Å². The molecule has 0 atom stereocenters. The Kier molecular flexibility index (Phi) is 5.74. The van der Waals surface area contributed by atoms with E-state index >= 15 is 0 Å². The summed E-state index contributed by atoms with van der Waals surface area (Å²) < 4.78 is 5.39. The molecule has 0 unspecified atom stereocenters. The number of rotatable bonds is 5. The zero-order valence-corrected chi connectivity index (χ0v) is 18.6. The van der Waals surface area contributed by atoms with Gasteiger partial charge in [0.05, 0.1) is 5.69 Å². The number of hydrogen-bond donors (Lipinski definition) is 1. The summed E-state index contributed by atoms with van der Waals surface area (Å²) in [6, 6.07) is 15.4. The summed E-state index contributed by atoms with van der Waals surface area (Å²) in [5.74, 6) is -0.0273. The summed E-state index contributed by atoms with van der Waals surface area (Å²) in [7, 11) is 0. The summed E-state index contributed by atoms with van der Waals surface area (Å²) in [6.07, 6.45) is 2.27. The first-order valence-electron chi connectivity index (χ1n) is 10.1. The average Bonchev–Trinajstić information content (AvgIpc) is 3.39. The number of carbonyl (C=O) groups is 2. The van der Waals surface area contributed by atoms with E-state index in [0.717, 1.165) is 33.7 Å². The number of amides is 1. The summed E-state index contributed by atoms with van der Waals surface area (Å²) in [5, 5.41) is 4.82. The fourth-order valence-corrected chi connectivity index (χ4v) is 4.14. The van der Waals surface area contributed by atoms with Gasteiger partial charge in [-0.25, -0.2) is 4.79 Å². The van der Waals surface area contributed by atoms with Crippen molar-refractivity contribution in [2.75, 3.05) is 5.32 Å². The number of nitrogens with zero attached hydrogens (tertiary/aromatic N) is 1. The number of fused-ring (bicyclic) bond motifs is 1. The van der Waals surface area contributed by atoms with Gasteiger partial charge in [0, 0.05) is 35.2 Å². The maximum absolute atomic E-state index is 13.1. The fraction of sp³-hybridized carbons (Fsp3) is 0.240. The van der Waals surface area contributed by atoms with E-state index in [0.29, 0.717) is 11.3 Å². The van der Waals surface area contributed by atoms with Gasteiger partial charge in [-0.15, -0.1) is 11.3 Å². The predicted octanol–water partition coefficient (Wildman–Crippen LogP) is 6.45. The van der Waals surface area contributed by atoms with Gasteiger partial charge < -0.3 is 4.74 Å². The first-order valence-corrected chi connectivity index (χ1v) is 11.0. The van der Waals surface area contributed by atoms with E-state index in [1.165, 1.54) is 0 Å². The van der Waals surface area contributed by atoms with Crippen LogP contribution in [-0.2, 0) is 17.6 Å². The number of hydrogen-bond acceptors (Lipinski definition) is 5. The zero-order chi connectivity index (χ0) is 22.0. The molecular formula is C25H24N2O3S. The number of nitrogens with one attached hydrogen (secondary N) is 1. The van der Waals surface area contributed by atoms with Crippen LogP contribution in [0.5, 0.6) is 0 Å². The normalized spacial score (nSPS) is 12.5. The Bertz CT molecular complexity index is 1160. The van der Waals surface area contributed by atoms with E-state index in [9.17, 15) is 9.59 Å². The SMILES string of the molecule is CC(C)(C)OC(=O)Nc1ccc(-c2cccs2)cc1CC(=O)c1ccc2c(c1)N=CC2. The van der Waals surface area contributed by atoms with Crippen molar-refractivity contribution < 1.29 is 14.3 Å². The summed E-state index contributed by atoms with van der Waals surface area (Å²) in [6.45, 7) is 5.44. The van der Waals surface area contributed by atoms with Gasteiger partial charge in [0.1, 0.15) is 5.60 Å². The molecule has 0 fully saturated rings. The molecule has 0 radical (unpaired) electrons. The van der Waals surface area contributed by atoms with Crippen molar-refractivity contribution in [3.05, 3.63) is 70.6 Å². The third-order valence-corrected chi connectivity index (χ3v) is 5.77. The first kappa shape index (κ1) is 21.0. The van der Waals surface area contributed by atoms with Crippen LogP contribution < -0.4 is 5.32 Å². The molecule has 4 rings (SSSR count). The van der Waals surface area contributed by atoms with Crippen LogP contribution in [0, 0.1) is 0 Å². The molecule has 1 aliphatic heterocycles. The van der Waals surface area contributed by atoms with E-state index in [-0.39, 0.29) is 12.2 Å². The number of ether oxygens (including phenoxy) is 1. The molecule has 0 saturated heterocycles. The van der Waals surface area contributed by atoms with Gasteiger partial charge in [0.25, 0.3) is 0 Å². The predicted molar refractivity (Wildman–Crippen MR) is 126 cm³/mol. The number of anilines is 1. The van der Waals surface area contributed by atoms with E-state index in [1.807, 2.05) is 80.9 Å². The van der Waals surface area contributed by atoms with Crippen LogP contribution in [0.2, 0.25) is 0 Å². The van der Waals surface area contributed by atoms with Gasteiger partial charge in [0.15, 0.2) is 5.78 Å². The second-order valence-electron chi connectivity index (χ2n) is 8.44. The molecule has 1 amide bonds. The Hall–Kier alpha value is -3.25. The number of benzene rings is 2. The topological polar surface area (TPSA) is 67.8 Å². The van der Waals surface area contributed by atoms with Crippen LogP contribution >= 0.6 is 11.3 Å². The monoisotopic (exact) mass is 432 g/mol. The van der Waals surface area contributed by atoms with Crippen molar-refractivity contribution in [3.8, 4) is 10.4 Å². The second-order valence-corrected chi connectivity index (χ2v) is 9.38. The van der Waals surface area contributed by atoms with Crippen molar-refractivity contribution in [2.24, 2.45) is 4.99 Å². The lowest BCUT2D eigenvalue weighted by atomic mass is 9.98. The van der Waals surface area contributed by atoms with E-state index < -0.39 is 11.7 Å². The lowest BCUT2D eigenvalue weighted by molar-refractivity contribution is 0.0635. The van der Waals surface area contributed by atoms with Gasteiger partial charge in [0.2, 0.25) is 0 Å². The standard InChI is InChI=1S/C25H24N2O3S/c1-25(2,3)30-24(29)27-20-9-8-18(23-5-4-12-31-23)13-19(20)15-22(28)17-7-6-16-10-11-26-21(16)14-17/h4-9,11-14H,10,15H2,1-3H3,(H,27,29). The highest BCUT2D eigenvalue weighted by atomic mass is 32.1. The van der Waals surface area contributed by atoms with Crippen LogP contribution in [0.15, 0.2) is 58.9 Å². The van der Waals surface area contributed by atoms with Gasteiger partial charge in [-0.3, -0.25) is 15.1 Å². The Morgan fingerprint density at radius 2 is 1.97 bits per heavy atom. The summed E-state index contributed by atoms with van der Waals surface area (Å²) in [5.41, 5.74) is 4.30. The van der Waals surface area contributed by atoms with E-state index in [2.05, 4.69) is 10.3 Å². The molecule has 158 valence electrons. The lowest BCUT2D eigenvalue weighted by Gasteiger charge is -2.20. The van der Waals surface area contributed by atoms with Gasteiger partial charge in [-0.2, -0.15) is 0 Å². The van der Waals surface area contributed by atoms with Crippen molar-refractivity contribution in [1.82, 2.24) is 0 Å². The average molecular weight is 433 g/mol. The van der Waals surface area contributed by atoms with Crippen LogP contribution in [0.3, 0.4) is 0 Å². The fourth-order valence-electron chi connectivity index (χ4n) is 3.42. The van der Waals surface area contributed by atoms with Crippen LogP contribution in [0.1, 0.15) is 42.3 Å². The molecule has 2 heterocycles. The minimum atomic E-state index is -0.609. The summed E-state index contributed by atoms with van der Waals surface area (Å²) >= 11 is 1.63. The number of ketones is 1. The zero-order valence-electron chi connectivity index (χ0n) is 17.8. The molecule has 2 aromatic carbocycles. The molecule has 0 saturated carbocycles. The molecule has 5 nitrogen and oxygen atoms in total. The van der Waals surface area contributed by atoms with Crippen molar-refractivity contribution >= 4 is 40.8 Å². The van der Waals surface area contributed by atoms with Crippen LogP contribution in [0.25, 0.3) is 10.4 Å². The van der Waals surface area contributed by atoms with Crippen molar-refractivity contribution in [2.45, 2.75) is 39.2 Å². The lowest BCUT2D eigenvalue weighted by Crippen LogP contribution is -2.27. The first-order chi connectivity index (χ1) is 14.8. The third-order valence-electron chi connectivity index (χ3n) is 4.85. The Balaban J connectivity index is 1.62. The van der Waals surface area contributed by atoms with Crippen LogP contribution in [0.4, 0.5) is 16.2 Å². The molecule has 1 aliphatic rings. The molecule has 0 spiro atoms. The van der Waals surface area contributed by atoms with Gasteiger partial charge in [-0.05, 0) is 67.1 Å². The van der Waals surface area contributed by atoms with Crippen molar-refractivity contribution in [3.63, 3.8) is 0 Å². The molecule has 31 heavy (non-hydrogen) atoms. The second kappa shape index (κ2) is 8.47. The minimum Gasteiger partial charge on any atom is -0.444 e. The smallest absolute Gasteiger partial charge is 0.412 e. The van der Waals surface area contributed by atoms with Gasteiger partial charge in [-0.1, -0.05) is 24.3 Å². The molecule has 1 aromatic heterocycles. The molecule has 6 heteroatoms. The van der Waals surface area contributed by atoms with Crippen LogP contribution in [-0.4, -0.2) is 23.7 Å². The molecule has 0 aliphatic carbocycles. The highest BCUT2D eigenvalue weighted by Crippen LogP contribution is 2.31. The number of carbonyl (C=O) groups excluding carboxylic acids is 2. The Morgan fingerprint density at radius 3 is 2.71 bits per heavy atom. The molecule has 1 N–H and O–H groups in total. The maximum atomic E-state index is 13.1. The number of aliphatic imine (C=N–C) groups is 1. The van der Waals surface area contributed by atoms with E-state index in [4.69, 9.17) is 4.74 Å². The molecular weight excluding hydrogens is 408 g/mol. The highest BCUT2D eigenvalue weighted by Gasteiger charge is 2.19. The third kappa shape index (κ3) is 5.09. The van der Waals surface area contributed by atoms with Crippen molar-refractivity contribution in [1.29, 1.82) is 0 Å². The minimum absolute atomic E-state index is 0.0273. The Morgan fingerprint density at radius 1 is 1.13 bits per heavy atom. The maximum Gasteiger partial charge on any atom is 0.412 e. The quantitative estimate of drug-likeness (QED) is 0.471. The summed E-state index contributed by atoms with van der Waals surface area (Å²) in [4.78, 5) is 30.9. The number of Topliss-reactive ketones (excluding diaryl/α,β-unsaturated/α-hetero) is 1. The molecule has 3 aromatic rings. The largest absolute Gasteiger partial charge is 0.444 e.